The molecule has 3 aromatic carbocycles. The molecule has 1 aliphatic heterocycles. The van der Waals surface area contributed by atoms with Crippen LogP contribution in [0.15, 0.2) is 95.9 Å². The van der Waals surface area contributed by atoms with Crippen LogP contribution in [-0.2, 0) is 24.3 Å². The number of benzene rings is 3. The summed E-state index contributed by atoms with van der Waals surface area (Å²) >= 11 is 0. The molecule has 3 atom stereocenters. The van der Waals surface area contributed by atoms with Crippen LogP contribution in [0.2, 0.25) is 18.1 Å². The molecule has 0 unspecified atom stereocenters. The Morgan fingerprint density at radius 2 is 1.45 bits per heavy atom. The van der Waals surface area contributed by atoms with Gasteiger partial charge in [-0.05, 0) is 65.2 Å². The topological polar surface area (TPSA) is 110 Å². The summed E-state index contributed by atoms with van der Waals surface area (Å²) in [6, 6.07) is 27.4. The highest BCUT2D eigenvalue weighted by Crippen LogP contribution is 2.44. The fraction of sp³-hybridized carbons (Fsp3) is 0.395. The molecular formula is C38H47N3O7Si. The summed E-state index contributed by atoms with van der Waals surface area (Å²) in [5.74, 6) is 1.34. The third kappa shape index (κ3) is 7.80. The lowest BCUT2D eigenvalue weighted by molar-refractivity contribution is -0.114. The monoisotopic (exact) mass is 685 g/mol. The van der Waals surface area contributed by atoms with Crippen molar-refractivity contribution >= 4 is 20.0 Å². The number of ether oxygens (including phenoxy) is 4. The molecule has 0 bridgehead atoms. The predicted molar refractivity (Wildman–Crippen MR) is 192 cm³/mol. The number of nitrogens with zero attached hydrogens (tertiary/aromatic N) is 2. The Kier molecular flexibility index (Phi) is 10.8. The summed E-state index contributed by atoms with van der Waals surface area (Å²) in [5, 5.41) is 2.50. The van der Waals surface area contributed by atoms with Gasteiger partial charge in [-0.15, -0.1) is 0 Å². The van der Waals surface area contributed by atoms with Crippen LogP contribution in [0.4, 0.5) is 5.82 Å². The van der Waals surface area contributed by atoms with Gasteiger partial charge in [0.25, 0.3) is 0 Å². The quantitative estimate of drug-likeness (QED) is 0.127. The maximum Gasteiger partial charge on any atom is 0.351 e. The molecule has 2 heterocycles. The molecule has 49 heavy (non-hydrogen) atoms. The molecule has 0 spiro atoms. The second kappa shape index (κ2) is 14.7. The number of nitrogens with one attached hydrogen (secondary N) is 1. The Bertz CT molecular complexity index is 1720. The molecule has 260 valence electrons. The smallest absolute Gasteiger partial charge is 0.351 e. The Morgan fingerprint density at radius 1 is 0.898 bits per heavy atom. The Balaban J connectivity index is 1.55. The summed E-state index contributed by atoms with van der Waals surface area (Å²) in [6.07, 6.45) is 0.476. The molecule has 1 aromatic heterocycles. The second-order valence-electron chi connectivity index (χ2n) is 13.8. The number of amides is 1. The van der Waals surface area contributed by atoms with Gasteiger partial charge in [0.05, 0.1) is 33.0 Å². The highest BCUT2D eigenvalue weighted by atomic mass is 28.4. The molecule has 0 saturated carbocycles. The van der Waals surface area contributed by atoms with E-state index in [-0.39, 0.29) is 23.4 Å². The number of aromatic nitrogens is 2. The number of rotatable bonds is 12. The van der Waals surface area contributed by atoms with Crippen LogP contribution in [0.5, 0.6) is 11.5 Å². The molecule has 1 N–H and O–H groups in total. The Labute approximate surface area is 289 Å². The fourth-order valence-corrected chi connectivity index (χ4v) is 7.20. The third-order valence-electron chi connectivity index (χ3n) is 9.46. The molecule has 4 aromatic rings. The van der Waals surface area contributed by atoms with Gasteiger partial charge in [0.15, 0.2) is 14.5 Å². The predicted octanol–water partition coefficient (Wildman–Crippen LogP) is 6.91. The van der Waals surface area contributed by atoms with Crippen LogP contribution < -0.4 is 20.5 Å². The van der Waals surface area contributed by atoms with Crippen molar-refractivity contribution in [1.82, 2.24) is 9.55 Å². The largest absolute Gasteiger partial charge is 0.497 e. The van der Waals surface area contributed by atoms with Crippen LogP contribution in [0.3, 0.4) is 0 Å². The first-order valence-corrected chi connectivity index (χ1v) is 19.4. The van der Waals surface area contributed by atoms with E-state index in [1.807, 2.05) is 66.7 Å². The third-order valence-corrected chi connectivity index (χ3v) is 14.0. The minimum atomic E-state index is -2.30. The Hall–Kier alpha value is -4.29. The molecule has 1 amide bonds. The summed E-state index contributed by atoms with van der Waals surface area (Å²) < 4.78 is 33.1. The highest BCUT2D eigenvalue weighted by molar-refractivity contribution is 6.74. The first-order chi connectivity index (χ1) is 23.3. The van der Waals surface area contributed by atoms with Gasteiger partial charge in [0, 0.05) is 19.5 Å². The van der Waals surface area contributed by atoms with Gasteiger partial charge in [-0.3, -0.25) is 9.36 Å². The summed E-state index contributed by atoms with van der Waals surface area (Å²) in [4.78, 5) is 29.0. The van der Waals surface area contributed by atoms with E-state index in [1.54, 1.807) is 26.5 Å². The molecular weight excluding hydrogens is 639 g/mol. The van der Waals surface area contributed by atoms with Gasteiger partial charge in [0.2, 0.25) is 5.91 Å². The lowest BCUT2D eigenvalue weighted by atomic mass is 9.80. The Morgan fingerprint density at radius 3 is 1.94 bits per heavy atom. The van der Waals surface area contributed by atoms with Crippen molar-refractivity contribution < 1.29 is 28.2 Å². The number of methoxy groups -OCH3 is 2. The van der Waals surface area contributed by atoms with Gasteiger partial charge in [0.1, 0.15) is 22.9 Å². The van der Waals surface area contributed by atoms with E-state index in [9.17, 15) is 9.59 Å². The normalized spacial score (nSPS) is 18.2. The van der Waals surface area contributed by atoms with Gasteiger partial charge in [-0.25, -0.2) is 4.79 Å². The average molecular weight is 686 g/mol. The summed E-state index contributed by atoms with van der Waals surface area (Å²) in [6.45, 7) is 12.5. The minimum absolute atomic E-state index is 0.0736. The number of carbonyl (C=O) groups excluding carboxylic acids is 1. The average Bonchev–Trinajstić information content (AvgIpc) is 3.46. The van der Waals surface area contributed by atoms with Crippen LogP contribution >= 0.6 is 0 Å². The summed E-state index contributed by atoms with van der Waals surface area (Å²) in [5.41, 5.74) is 1.17. The lowest BCUT2D eigenvalue weighted by Crippen LogP contribution is -2.46. The molecule has 0 radical (unpaired) electrons. The standard InChI is InChI=1S/C38H47N3O7Si/c1-26(42)39-34-22-23-41(36(43)40-34)35-33(48-49(7,8)37(2,3)4)24-32(47-35)25-46-38(27-12-10-9-11-13-27,28-14-18-30(44-5)19-15-28)29-16-20-31(45-6)21-17-29/h9-23,32-33,35H,24-25H2,1-8H3,(H,39,40,42,43)/t32-,33+,35+/m0/s1. The van der Waals surface area contributed by atoms with E-state index >= 15 is 0 Å². The van der Waals surface area contributed by atoms with Crippen LogP contribution in [0.1, 0.15) is 57.0 Å². The first-order valence-electron chi connectivity index (χ1n) is 16.5. The van der Waals surface area contributed by atoms with Crippen molar-refractivity contribution in [1.29, 1.82) is 0 Å². The zero-order valence-electron chi connectivity index (χ0n) is 29.6. The molecule has 10 nitrogen and oxygen atoms in total. The maximum atomic E-state index is 13.3. The van der Waals surface area contributed by atoms with E-state index in [1.165, 1.54) is 11.5 Å². The van der Waals surface area contributed by atoms with E-state index in [2.05, 4.69) is 56.3 Å². The van der Waals surface area contributed by atoms with E-state index in [4.69, 9.17) is 23.4 Å². The first kappa shape index (κ1) is 36.0. The maximum absolute atomic E-state index is 13.3. The second-order valence-corrected chi connectivity index (χ2v) is 18.6. The van der Waals surface area contributed by atoms with Crippen molar-refractivity contribution in [2.24, 2.45) is 0 Å². The van der Waals surface area contributed by atoms with Crippen molar-refractivity contribution in [3.63, 3.8) is 0 Å². The molecule has 1 saturated heterocycles. The number of hydrogen-bond donors (Lipinski definition) is 1. The van der Waals surface area contributed by atoms with Gasteiger partial charge in [-0.2, -0.15) is 4.98 Å². The SMILES string of the molecule is COc1ccc(C(OC[C@@H]2C[C@@H](O[Si](C)(C)C(C)(C)C)[C@H](n3ccc(NC(C)=O)nc3=O)O2)(c2ccccc2)c2ccc(OC)cc2)cc1. The van der Waals surface area contributed by atoms with Gasteiger partial charge in [-0.1, -0.05) is 75.4 Å². The lowest BCUT2D eigenvalue weighted by Gasteiger charge is -2.39. The molecule has 1 aliphatic rings. The van der Waals surface area contributed by atoms with Crippen LogP contribution in [-0.4, -0.2) is 56.8 Å². The number of carbonyl (C=O) groups is 1. The van der Waals surface area contributed by atoms with Crippen LogP contribution in [0, 0.1) is 0 Å². The van der Waals surface area contributed by atoms with E-state index in [0.29, 0.717) is 6.42 Å². The van der Waals surface area contributed by atoms with Crippen molar-refractivity contribution in [3.05, 3.63) is 118 Å². The van der Waals surface area contributed by atoms with Crippen LogP contribution in [0.25, 0.3) is 0 Å². The zero-order chi connectivity index (χ0) is 35.4. The van der Waals surface area contributed by atoms with E-state index in [0.717, 1.165) is 28.2 Å². The van der Waals surface area contributed by atoms with Gasteiger partial charge < -0.3 is 28.7 Å². The van der Waals surface area contributed by atoms with Crippen molar-refractivity contribution in [2.45, 2.75) is 76.3 Å². The molecule has 1 fully saturated rings. The van der Waals surface area contributed by atoms with Crippen molar-refractivity contribution in [2.75, 3.05) is 26.1 Å². The van der Waals surface area contributed by atoms with Gasteiger partial charge >= 0.3 is 5.69 Å². The minimum Gasteiger partial charge on any atom is -0.497 e. The van der Waals surface area contributed by atoms with E-state index < -0.39 is 38.0 Å². The molecule has 0 aliphatic carbocycles. The number of anilines is 1. The molecule has 5 rings (SSSR count). The number of hydrogen-bond acceptors (Lipinski definition) is 8. The molecule has 11 heteroatoms. The highest BCUT2D eigenvalue weighted by Gasteiger charge is 2.47. The zero-order valence-corrected chi connectivity index (χ0v) is 30.6. The summed E-state index contributed by atoms with van der Waals surface area (Å²) in [7, 11) is 0.988. The fourth-order valence-electron chi connectivity index (χ4n) is 5.88. The van der Waals surface area contributed by atoms with Crippen molar-refractivity contribution in [3.8, 4) is 11.5 Å².